The van der Waals surface area contributed by atoms with Gasteiger partial charge in [-0.3, -0.25) is 9.78 Å². The summed E-state index contributed by atoms with van der Waals surface area (Å²) in [6.07, 6.45) is 2.75. The molecule has 0 aliphatic heterocycles. The molecule has 0 saturated heterocycles. The lowest BCUT2D eigenvalue weighted by atomic mass is 10.3. The highest BCUT2D eigenvalue weighted by Gasteiger charge is 2.19. The van der Waals surface area contributed by atoms with Crippen LogP contribution in [-0.4, -0.2) is 37.0 Å². The zero-order valence-corrected chi connectivity index (χ0v) is 10.4. The average molecular weight is 278 g/mol. The number of nitrogens with two attached hydrogens (primary N) is 1. The summed E-state index contributed by atoms with van der Waals surface area (Å²) in [7, 11) is -3.78. The fourth-order valence-electron chi connectivity index (χ4n) is 1.05. The standard InChI is InChI=1S/C9H12ClN3O3S/c10-8(4-11)6-17(15,16)13-9(14)7-2-1-3-12-5-7/h1-3,5,8H,4,6,11H2,(H,13,14). The number of nitrogens with zero attached hydrogens (tertiary/aromatic N) is 1. The topological polar surface area (TPSA) is 102 Å². The number of amides is 1. The molecule has 0 spiro atoms. The van der Waals surface area contributed by atoms with Gasteiger partial charge in [-0.2, -0.15) is 0 Å². The van der Waals surface area contributed by atoms with Gasteiger partial charge in [-0.05, 0) is 12.1 Å². The van der Waals surface area contributed by atoms with Crippen LogP contribution in [0.1, 0.15) is 10.4 Å². The number of nitrogens with one attached hydrogen (secondary N) is 1. The summed E-state index contributed by atoms with van der Waals surface area (Å²) >= 11 is 5.61. The number of carbonyl (C=O) groups excluding carboxylic acids is 1. The van der Waals surface area contributed by atoms with Gasteiger partial charge >= 0.3 is 0 Å². The predicted molar refractivity (Wildman–Crippen MR) is 64.2 cm³/mol. The minimum atomic E-state index is -3.78. The average Bonchev–Trinajstić information content (AvgIpc) is 2.28. The van der Waals surface area contributed by atoms with Gasteiger partial charge in [0.2, 0.25) is 10.0 Å². The molecule has 0 aromatic carbocycles. The maximum absolute atomic E-state index is 11.5. The van der Waals surface area contributed by atoms with Gasteiger partial charge in [0, 0.05) is 18.9 Å². The Morgan fingerprint density at radius 2 is 2.29 bits per heavy atom. The third-order valence-electron chi connectivity index (χ3n) is 1.83. The van der Waals surface area contributed by atoms with Crippen LogP contribution in [0.3, 0.4) is 0 Å². The lowest BCUT2D eigenvalue weighted by molar-refractivity contribution is 0.0981. The Morgan fingerprint density at radius 1 is 1.59 bits per heavy atom. The second-order valence-electron chi connectivity index (χ2n) is 3.29. The van der Waals surface area contributed by atoms with Crippen molar-refractivity contribution < 1.29 is 13.2 Å². The van der Waals surface area contributed by atoms with Gasteiger partial charge < -0.3 is 5.73 Å². The summed E-state index contributed by atoms with van der Waals surface area (Å²) < 4.78 is 24.9. The number of rotatable bonds is 5. The molecule has 1 aromatic rings. The number of aromatic nitrogens is 1. The van der Waals surface area contributed by atoms with E-state index in [-0.39, 0.29) is 12.1 Å². The van der Waals surface area contributed by atoms with Crippen LogP contribution in [-0.2, 0) is 10.0 Å². The smallest absolute Gasteiger partial charge is 0.266 e. The van der Waals surface area contributed by atoms with E-state index in [0.717, 1.165) is 0 Å². The molecule has 8 heteroatoms. The molecule has 94 valence electrons. The van der Waals surface area contributed by atoms with Crippen molar-refractivity contribution in [2.45, 2.75) is 5.38 Å². The molecule has 0 saturated carbocycles. The van der Waals surface area contributed by atoms with Gasteiger partial charge in [0.15, 0.2) is 0 Å². The van der Waals surface area contributed by atoms with Gasteiger partial charge in [-0.25, -0.2) is 13.1 Å². The first-order valence-electron chi connectivity index (χ1n) is 4.73. The summed E-state index contributed by atoms with van der Waals surface area (Å²) in [6, 6.07) is 2.99. The van der Waals surface area contributed by atoms with E-state index in [4.69, 9.17) is 17.3 Å². The monoisotopic (exact) mass is 277 g/mol. The number of hydrogen-bond acceptors (Lipinski definition) is 5. The molecule has 1 unspecified atom stereocenters. The SMILES string of the molecule is NCC(Cl)CS(=O)(=O)NC(=O)c1cccnc1. The molecule has 1 heterocycles. The van der Waals surface area contributed by atoms with Crippen LogP contribution < -0.4 is 10.5 Å². The largest absolute Gasteiger partial charge is 0.329 e. The lowest BCUT2D eigenvalue weighted by Crippen LogP contribution is -2.36. The third kappa shape index (κ3) is 4.68. The zero-order valence-electron chi connectivity index (χ0n) is 8.84. The van der Waals surface area contributed by atoms with Gasteiger partial charge in [-0.1, -0.05) is 0 Å². The van der Waals surface area contributed by atoms with Crippen LogP contribution in [0.25, 0.3) is 0 Å². The molecule has 1 aromatic heterocycles. The van der Waals surface area contributed by atoms with Crippen LogP contribution in [0.15, 0.2) is 24.5 Å². The normalized spacial score (nSPS) is 13.1. The zero-order chi connectivity index (χ0) is 12.9. The number of hydrogen-bond donors (Lipinski definition) is 2. The Labute approximate surface area is 104 Å². The van der Waals surface area contributed by atoms with E-state index in [1.165, 1.54) is 24.5 Å². The molecular formula is C9H12ClN3O3S. The molecule has 0 radical (unpaired) electrons. The first-order valence-corrected chi connectivity index (χ1v) is 6.82. The van der Waals surface area contributed by atoms with Crippen LogP contribution >= 0.6 is 11.6 Å². The summed E-state index contributed by atoms with van der Waals surface area (Å²) in [5.41, 5.74) is 5.36. The number of sulfonamides is 1. The van der Waals surface area contributed by atoms with Crippen molar-refractivity contribution in [3.05, 3.63) is 30.1 Å². The molecule has 0 aliphatic rings. The van der Waals surface area contributed by atoms with Gasteiger partial charge in [0.25, 0.3) is 5.91 Å². The third-order valence-corrected chi connectivity index (χ3v) is 3.68. The van der Waals surface area contributed by atoms with Crippen molar-refractivity contribution in [2.75, 3.05) is 12.3 Å². The van der Waals surface area contributed by atoms with Gasteiger partial charge in [0.05, 0.1) is 16.7 Å². The van der Waals surface area contributed by atoms with Crippen molar-refractivity contribution in [1.82, 2.24) is 9.71 Å². The van der Waals surface area contributed by atoms with E-state index in [1.807, 2.05) is 4.72 Å². The fourth-order valence-corrected chi connectivity index (χ4v) is 2.64. The fraction of sp³-hybridized carbons (Fsp3) is 0.333. The maximum atomic E-state index is 11.5. The summed E-state index contributed by atoms with van der Waals surface area (Å²) in [4.78, 5) is 15.2. The van der Waals surface area contributed by atoms with Crippen LogP contribution in [0.2, 0.25) is 0 Å². The van der Waals surface area contributed by atoms with E-state index in [1.54, 1.807) is 0 Å². The molecular weight excluding hydrogens is 266 g/mol. The van der Waals surface area contributed by atoms with Gasteiger partial charge in [0.1, 0.15) is 0 Å². The van der Waals surface area contributed by atoms with Crippen LogP contribution in [0.5, 0.6) is 0 Å². The summed E-state index contributed by atoms with van der Waals surface area (Å²) in [5, 5.41) is -0.728. The van der Waals surface area contributed by atoms with E-state index in [9.17, 15) is 13.2 Å². The second kappa shape index (κ2) is 5.95. The first kappa shape index (κ1) is 13.9. The molecule has 0 fully saturated rings. The van der Waals surface area contributed by atoms with E-state index < -0.39 is 27.1 Å². The Kier molecular flexibility index (Phi) is 4.86. The summed E-state index contributed by atoms with van der Waals surface area (Å²) in [6.45, 7) is 0.0174. The number of pyridine rings is 1. The van der Waals surface area contributed by atoms with Gasteiger partial charge in [-0.15, -0.1) is 11.6 Å². The number of halogens is 1. The Bertz CT molecular complexity index is 478. The minimum absolute atomic E-state index is 0.0174. The highest BCUT2D eigenvalue weighted by Crippen LogP contribution is 2.01. The molecule has 3 N–H and O–H groups in total. The molecule has 6 nitrogen and oxygen atoms in total. The molecule has 0 aliphatic carbocycles. The van der Waals surface area contributed by atoms with Crippen molar-refractivity contribution in [1.29, 1.82) is 0 Å². The van der Waals surface area contributed by atoms with E-state index in [0.29, 0.717) is 0 Å². The van der Waals surface area contributed by atoms with Crippen molar-refractivity contribution in [2.24, 2.45) is 5.73 Å². The predicted octanol–water partition coefficient (Wildman–Crippen LogP) is -0.293. The number of alkyl halides is 1. The molecule has 17 heavy (non-hydrogen) atoms. The lowest BCUT2D eigenvalue weighted by Gasteiger charge is -2.09. The molecule has 1 rings (SSSR count). The molecule has 0 bridgehead atoms. The molecule has 1 amide bonds. The Morgan fingerprint density at radius 3 is 2.82 bits per heavy atom. The minimum Gasteiger partial charge on any atom is -0.329 e. The highest BCUT2D eigenvalue weighted by molar-refractivity contribution is 7.90. The first-order chi connectivity index (χ1) is 7.94. The van der Waals surface area contributed by atoms with Crippen LogP contribution in [0, 0.1) is 0 Å². The van der Waals surface area contributed by atoms with E-state index in [2.05, 4.69) is 4.98 Å². The second-order valence-corrected chi connectivity index (χ2v) is 5.67. The Balaban J connectivity index is 2.69. The molecule has 1 atom stereocenters. The quantitative estimate of drug-likeness (QED) is 0.720. The van der Waals surface area contributed by atoms with Crippen molar-refractivity contribution in [3.8, 4) is 0 Å². The van der Waals surface area contributed by atoms with Crippen molar-refractivity contribution >= 4 is 27.5 Å². The highest BCUT2D eigenvalue weighted by atomic mass is 35.5. The van der Waals surface area contributed by atoms with Crippen molar-refractivity contribution in [3.63, 3.8) is 0 Å². The maximum Gasteiger partial charge on any atom is 0.266 e. The Hall–Kier alpha value is -1.18. The number of carbonyl (C=O) groups is 1. The summed E-state index contributed by atoms with van der Waals surface area (Å²) in [5.74, 6) is -1.14. The van der Waals surface area contributed by atoms with Crippen LogP contribution in [0.4, 0.5) is 0 Å². The van der Waals surface area contributed by atoms with E-state index >= 15 is 0 Å².